The monoisotopic (exact) mass is 220 g/mol. The molecule has 0 saturated carbocycles. The largest absolute Gasteiger partial charge is 0.459 e. The number of ether oxygens (including phenoxy) is 4. The van der Waals surface area contributed by atoms with E-state index in [2.05, 4.69) is 4.74 Å². The summed E-state index contributed by atoms with van der Waals surface area (Å²) >= 11 is 0. The molecule has 0 aliphatic carbocycles. The lowest BCUT2D eigenvalue weighted by Crippen LogP contribution is -2.48. The summed E-state index contributed by atoms with van der Waals surface area (Å²) in [5, 5.41) is 0. The average molecular weight is 220 g/mol. The molecule has 0 aliphatic heterocycles. The standard InChI is InChI=1S/C9H16O6/c1-4-12-8(11)9(13-5-2,14-6-3)15-7-10/h7H,4-6H2,1-3H3. The first-order valence-electron chi connectivity index (χ1n) is 4.73. The summed E-state index contributed by atoms with van der Waals surface area (Å²) in [7, 11) is 0. The highest BCUT2D eigenvalue weighted by Gasteiger charge is 2.45. The van der Waals surface area contributed by atoms with Crippen molar-refractivity contribution < 1.29 is 28.5 Å². The highest BCUT2D eigenvalue weighted by molar-refractivity contribution is 5.77. The van der Waals surface area contributed by atoms with Gasteiger partial charge in [-0.25, -0.2) is 4.79 Å². The molecule has 0 saturated heterocycles. The number of esters is 1. The van der Waals surface area contributed by atoms with Gasteiger partial charge in [0.05, 0.1) is 19.8 Å². The van der Waals surface area contributed by atoms with Gasteiger partial charge in [0.1, 0.15) is 0 Å². The van der Waals surface area contributed by atoms with Gasteiger partial charge in [-0.1, -0.05) is 0 Å². The van der Waals surface area contributed by atoms with E-state index in [-0.39, 0.29) is 26.3 Å². The van der Waals surface area contributed by atoms with E-state index in [9.17, 15) is 9.59 Å². The van der Waals surface area contributed by atoms with Crippen LogP contribution in [0.2, 0.25) is 0 Å². The molecule has 0 aromatic carbocycles. The van der Waals surface area contributed by atoms with Gasteiger partial charge >= 0.3 is 11.9 Å². The van der Waals surface area contributed by atoms with E-state index in [1.807, 2.05) is 0 Å². The van der Waals surface area contributed by atoms with Crippen LogP contribution in [0.1, 0.15) is 20.8 Å². The highest BCUT2D eigenvalue weighted by Crippen LogP contribution is 2.16. The first-order valence-corrected chi connectivity index (χ1v) is 4.73. The van der Waals surface area contributed by atoms with Crippen LogP contribution in [-0.4, -0.2) is 38.2 Å². The van der Waals surface area contributed by atoms with Crippen molar-refractivity contribution in [2.75, 3.05) is 19.8 Å². The van der Waals surface area contributed by atoms with Gasteiger partial charge in [0.2, 0.25) is 0 Å². The Morgan fingerprint density at radius 2 is 1.67 bits per heavy atom. The van der Waals surface area contributed by atoms with Crippen LogP contribution in [0.5, 0.6) is 0 Å². The van der Waals surface area contributed by atoms with Crippen LogP contribution in [0, 0.1) is 0 Å². The molecule has 0 aliphatic rings. The molecule has 0 N–H and O–H groups in total. The van der Waals surface area contributed by atoms with Gasteiger partial charge < -0.3 is 18.9 Å². The van der Waals surface area contributed by atoms with Crippen LogP contribution in [0.3, 0.4) is 0 Å². The maximum absolute atomic E-state index is 11.5. The first-order chi connectivity index (χ1) is 7.16. The van der Waals surface area contributed by atoms with Crippen molar-refractivity contribution >= 4 is 12.4 Å². The molecule has 0 heterocycles. The third-order valence-corrected chi connectivity index (χ3v) is 1.40. The second kappa shape index (κ2) is 7.19. The molecule has 0 fully saturated rings. The molecule has 0 atom stereocenters. The van der Waals surface area contributed by atoms with Gasteiger partial charge in [0, 0.05) is 0 Å². The molecule has 6 heteroatoms. The minimum absolute atomic E-state index is 0.0856. The van der Waals surface area contributed by atoms with Crippen LogP contribution >= 0.6 is 0 Å². The van der Waals surface area contributed by atoms with Crippen LogP contribution in [0.15, 0.2) is 0 Å². The zero-order chi connectivity index (χ0) is 11.7. The Morgan fingerprint density at radius 1 is 1.13 bits per heavy atom. The fraction of sp³-hybridized carbons (Fsp3) is 0.778. The van der Waals surface area contributed by atoms with Gasteiger partial charge in [-0.2, -0.15) is 0 Å². The summed E-state index contributed by atoms with van der Waals surface area (Å²) in [6.45, 7) is 5.42. The zero-order valence-corrected chi connectivity index (χ0v) is 9.15. The Kier molecular flexibility index (Phi) is 6.64. The van der Waals surface area contributed by atoms with E-state index in [0.717, 1.165) is 0 Å². The number of hydrogen-bond donors (Lipinski definition) is 0. The van der Waals surface area contributed by atoms with Crippen molar-refractivity contribution in [1.82, 2.24) is 0 Å². The van der Waals surface area contributed by atoms with Crippen molar-refractivity contribution in [1.29, 1.82) is 0 Å². The fourth-order valence-electron chi connectivity index (χ4n) is 0.939. The van der Waals surface area contributed by atoms with Crippen molar-refractivity contribution in [3.05, 3.63) is 0 Å². The summed E-state index contributed by atoms with van der Waals surface area (Å²) in [5.41, 5.74) is 0. The average Bonchev–Trinajstić information content (AvgIpc) is 2.19. The van der Waals surface area contributed by atoms with E-state index >= 15 is 0 Å². The van der Waals surface area contributed by atoms with E-state index in [4.69, 9.17) is 14.2 Å². The third kappa shape index (κ3) is 3.85. The minimum atomic E-state index is -2.07. The Bertz CT molecular complexity index is 197. The molecule has 0 radical (unpaired) electrons. The highest BCUT2D eigenvalue weighted by atomic mass is 16.9. The molecule has 0 aromatic heterocycles. The van der Waals surface area contributed by atoms with Gasteiger partial charge in [-0.15, -0.1) is 0 Å². The fourth-order valence-corrected chi connectivity index (χ4v) is 0.939. The second-order valence-corrected chi connectivity index (χ2v) is 2.36. The molecule has 88 valence electrons. The lowest BCUT2D eigenvalue weighted by atomic mass is 10.5. The lowest BCUT2D eigenvalue weighted by molar-refractivity contribution is -0.342. The predicted molar refractivity (Wildman–Crippen MR) is 49.8 cm³/mol. The van der Waals surface area contributed by atoms with Crippen molar-refractivity contribution in [3.63, 3.8) is 0 Å². The Balaban J connectivity index is 4.73. The molecule has 0 spiro atoms. The maximum Gasteiger partial charge on any atom is 0.434 e. The second-order valence-electron chi connectivity index (χ2n) is 2.36. The van der Waals surface area contributed by atoms with E-state index < -0.39 is 11.9 Å². The molecular weight excluding hydrogens is 204 g/mol. The van der Waals surface area contributed by atoms with Gasteiger partial charge in [-0.05, 0) is 20.8 Å². The number of rotatable bonds is 8. The SMILES string of the molecule is CCOC(=O)C(OC=O)(OCC)OCC. The van der Waals surface area contributed by atoms with Crippen LogP contribution in [-0.2, 0) is 28.5 Å². The molecule has 0 aromatic rings. The van der Waals surface area contributed by atoms with Crippen molar-refractivity contribution in [2.24, 2.45) is 0 Å². The van der Waals surface area contributed by atoms with Crippen LogP contribution in [0.4, 0.5) is 0 Å². The van der Waals surface area contributed by atoms with Crippen LogP contribution < -0.4 is 0 Å². The maximum atomic E-state index is 11.5. The number of carbonyl (C=O) groups excluding carboxylic acids is 2. The molecule has 15 heavy (non-hydrogen) atoms. The third-order valence-electron chi connectivity index (χ3n) is 1.40. The summed E-state index contributed by atoms with van der Waals surface area (Å²) in [5.74, 6) is -2.94. The lowest BCUT2D eigenvalue weighted by Gasteiger charge is -2.27. The quantitative estimate of drug-likeness (QED) is 0.336. The Morgan fingerprint density at radius 3 is 2.00 bits per heavy atom. The molecule has 0 amide bonds. The molecule has 6 nitrogen and oxygen atoms in total. The van der Waals surface area contributed by atoms with Crippen molar-refractivity contribution in [2.45, 2.75) is 26.7 Å². The Labute approximate surface area is 88.4 Å². The molecule has 0 rings (SSSR count). The first kappa shape index (κ1) is 13.9. The van der Waals surface area contributed by atoms with Crippen LogP contribution in [0.25, 0.3) is 0 Å². The van der Waals surface area contributed by atoms with Gasteiger partial charge in [0.15, 0.2) is 0 Å². The number of carbonyl (C=O) groups is 2. The smallest absolute Gasteiger partial charge is 0.434 e. The number of hydrogen-bond acceptors (Lipinski definition) is 6. The Hall–Kier alpha value is -1.14. The molecular formula is C9H16O6. The normalized spacial score (nSPS) is 10.9. The van der Waals surface area contributed by atoms with E-state index in [0.29, 0.717) is 0 Å². The zero-order valence-electron chi connectivity index (χ0n) is 9.15. The summed E-state index contributed by atoms with van der Waals surface area (Å²) < 4.78 is 19.2. The van der Waals surface area contributed by atoms with Gasteiger partial charge in [0.25, 0.3) is 6.47 Å². The topological polar surface area (TPSA) is 71.1 Å². The van der Waals surface area contributed by atoms with E-state index in [1.54, 1.807) is 20.8 Å². The van der Waals surface area contributed by atoms with Gasteiger partial charge in [-0.3, -0.25) is 4.79 Å². The summed E-state index contributed by atoms with van der Waals surface area (Å²) in [6.07, 6.45) is 0. The van der Waals surface area contributed by atoms with Crippen molar-refractivity contribution in [3.8, 4) is 0 Å². The minimum Gasteiger partial charge on any atom is -0.459 e. The summed E-state index contributed by atoms with van der Waals surface area (Å²) in [6, 6.07) is 0. The predicted octanol–water partition coefficient (Wildman–Crippen LogP) is 0.449. The molecule has 0 unspecified atom stereocenters. The van der Waals surface area contributed by atoms with E-state index in [1.165, 1.54) is 0 Å². The molecule has 0 bridgehead atoms. The summed E-state index contributed by atoms with van der Waals surface area (Å²) in [4.78, 5) is 21.8.